The Hall–Kier alpha value is -2.80. The van der Waals surface area contributed by atoms with E-state index in [1.807, 2.05) is 54.6 Å². The molecule has 0 bridgehead atoms. The molecule has 152 valence electrons. The first kappa shape index (κ1) is 20.9. The minimum absolute atomic E-state index is 0.0190. The van der Waals surface area contributed by atoms with E-state index in [-0.39, 0.29) is 11.9 Å². The van der Waals surface area contributed by atoms with Gasteiger partial charge in [0, 0.05) is 25.7 Å². The molecule has 3 aromatic rings. The molecule has 0 N–H and O–H groups in total. The number of thioether (sulfide) groups is 1. The van der Waals surface area contributed by atoms with Gasteiger partial charge in [-0.15, -0.1) is 10.2 Å². The molecule has 1 atom stereocenters. The average molecular weight is 411 g/mol. The number of carbonyl (C=O) groups is 1. The number of rotatable bonds is 7. The molecule has 7 heteroatoms. The maximum Gasteiger partial charge on any atom is 0.240 e. The third-order valence-electron chi connectivity index (χ3n) is 4.52. The van der Waals surface area contributed by atoms with E-state index in [4.69, 9.17) is 4.74 Å². The van der Waals surface area contributed by atoms with Gasteiger partial charge < -0.3 is 9.64 Å². The second-order valence-electron chi connectivity index (χ2n) is 7.14. The van der Waals surface area contributed by atoms with Gasteiger partial charge in [0.05, 0.1) is 7.11 Å². The monoisotopic (exact) mass is 410 g/mol. The first-order valence-electron chi connectivity index (χ1n) is 9.44. The summed E-state index contributed by atoms with van der Waals surface area (Å²) < 4.78 is 7.32. The average Bonchev–Trinajstić information content (AvgIpc) is 3.16. The van der Waals surface area contributed by atoms with Gasteiger partial charge in [-0.1, -0.05) is 42.1 Å². The Balaban J connectivity index is 2.00. The molecule has 3 rings (SSSR count). The lowest BCUT2D eigenvalue weighted by molar-refractivity contribution is -0.128. The highest BCUT2D eigenvalue weighted by molar-refractivity contribution is 8.00. The molecule has 2 aromatic carbocycles. The Labute approximate surface area is 175 Å². The summed E-state index contributed by atoms with van der Waals surface area (Å²) in [6.45, 7) is 4.18. The fourth-order valence-electron chi connectivity index (χ4n) is 2.99. The van der Waals surface area contributed by atoms with E-state index in [1.165, 1.54) is 11.8 Å². The van der Waals surface area contributed by atoms with E-state index in [1.54, 1.807) is 26.1 Å². The molecule has 1 aromatic heterocycles. The number of nitrogens with zero attached hydrogens (tertiary/aromatic N) is 4. The Bertz CT molecular complexity index is 953. The summed E-state index contributed by atoms with van der Waals surface area (Å²) in [5, 5.41) is 9.20. The third kappa shape index (κ3) is 4.62. The first-order chi connectivity index (χ1) is 13.9. The molecule has 0 aliphatic carbocycles. The zero-order valence-corrected chi connectivity index (χ0v) is 18.2. The van der Waals surface area contributed by atoms with Crippen LogP contribution in [0.5, 0.6) is 5.75 Å². The van der Waals surface area contributed by atoms with Crippen LogP contribution in [0.3, 0.4) is 0 Å². The molecule has 0 spiro atoms. The van der Waals surface area contributed by atoms with Crippen molar-refractivity contribution in [2.75, 3.05) is 21.2 Å². The minimum atomic E-state index is -0.392. The fraction of sp³-hybridized carbons (Fsp3) is 0.318. The maximum atomic E-state index is 12.9. The summed E-state index contributed by atoms with van der Waals surface area (Å²) in [4.78, 5) is 14.5. The lowest BCUT2D eigenvalue weighted by atomic mass is 10.1. The van der Waals surface area contributed by atoms with Crippen LogP contribution >= 0.6 is 11.8 Å². The molecule has 0 aliphatic rings. The van der Waals surface area contributed by atoms with Crippen molar-refractivity contribution >= 4 is 17.7 Å². The summed E-state index contributed by atoms with van der Waals surface area (Å²) in [7, 11) is 5.19. The van der Waals surface area contributed by atoms with Gasteiger partial charge in [0.2, 0.25) is 5.91 Å². The SMILES string of the molecule is COc1ccc(-c2nnc(S[C@@H](C(=O)N(C)C)c3ccccc3)n2C(C)C)cc1. The number of likely N-dealkylation sites (N-methyl/N-ethyl adjacent to an activating group) is 1. The number of methoxy groups -OCH3 is 1. The number of carbonyl (C=O) groups excluding carboxylic acids is 1. The predicted molar refractivity (Wildman–Crippen MR) is 116 cm³/mol. The van der Waals surface area contributed by atoms with Gasteiger partial charge in [-0.25, -0.2) is 0 Å². The van der Waals surface area contributed by atoms with Crippen LogP contribution in [0.15, 0.2) is 59.8 Å². The Morgan fingerprint density at radius 3 is 2.24 bits per heavy atom. The standard InChI is InChI=1S/C22H26N4O2S/c1-15(2)26-20(17-11-13-18(28-5)14-12-17)23-24-22(26)29-19(21(27)25(3)4)16-9-7-6-8-10-16/h6-15,19H,1-5H3/t19-/m1/s1. The lowest BCUT2D eigenvalue weighted by Gasteiger charge is -2.21. The summed E-state index contributed by atoms with van der Waals surface area (Å²) in [5.41, 5.74) is 1.90. The molecule has 0 saturated carbocycles. The molecule has 0 radical (unpaired) electrons. The maximum absolute atomic E-state index is 12.9. The number of benzene rings is 2. The normalized spacial score (nSPS) is 12.1. The highest BCUT2D eigenvalue weighted by Crippen LogP contribution is 2.38. The summed E-state index contributed by atoms with van der Waals surface area (Å²) in [6, 6.07) is 17.7. The van der Waals surface area contributed by atoms with E-state index in [9.17, 15) is 4.79 Å². The minimum Gasteiger partial charge on any atom is -0.497 e. The lowest BCUT2D eigenvalue weighted by Crippen LogP contribution is -2.27. The molecule has 0 unspecified atom stereocenters. The first-order valence-corrected chi connectivity index (χ1v) is 10.3. The highest BCUT2D eigenvalue weighted by atomic mass is 32.2. The van der Waals surface area contributed by atoms with Crippen molar-refractivity contribution in [2.24, 2.45) is 0 Å². The third-order valence-corrected chi connectivity index (χ3v) is 5.72. The van der Waals surface area contributed by atoms with Crippen molar-refractivity contribution in [1.82, 2.24) is 19.7 Å². The molecule has 0 saturated heterocycles. The van der Waals surface area contributed by atoms with Crippen molar-refractivity contribution in [3.05, 3.63) is 60.2 Å². The summed E-state index contributed by atoms with van der Waals surface area (Å²) in [6.07, 6.45) is 0. The van der Waals surface area contributed by atoms with Crippen molar-refractivity contribution in [3.8, 4) is 17.1 Å². The molecular weight excluding hydrogens is 384 g/mol. The van der Waals surface area contributed by atoms with Crippen LogP contribution < -0.4 is 4.74 Å². The Morgan fingerprint density at radius 1 is 1.03 bits per heavy atom. The van der Waals surface area contributed by atoms with Gasteiger partial charge in [-0.3, -0.25) is 9.36 Å². The van der Waals surface area contributed by atoms with Gasteiger partial charge in [0.15, 0.2) is 11.0 Å². The van der Waals surface area contributed by atoms with E-state index in [0.29, 0.717) is 0 Å². The Morgan fingerprint density at radius 2 is 1.69 bits per heavy atom. The predicted octanol–water partition coefficient (Wildman–Crippen LogP) is 4.46. The smallest absolute Gasteiger partial charge is 0.240 e. The molecular formula is C22H26N4O2S. The van der Waals surface area contributed by atoms with Crippen LogP contribution in [-0.4, -0.2) is 46.8 Å². The van der Waals surface area contributed by atoms with E-state index in [2.05, 4.69) is 28.6 Å². The van der Waals surface area contributed by atoms with Crippen molar-refractivity contribution in [2.45, 2.75) is 30.3 Å². The fourth-order valence-corrected chi connectivity index (χ4v) is 4.30. The molecule has 0 fully saturated rings. The van der Waals surface area contributed by atoms with Crippen LogP contribution in [0.25, 0.3) is 11.4 Å². The zero-order valence-electron chi connectivity index (χ0n) is 17.4. The van der Waals surface area contributed by atoms with Crippen LogP contribution in [0.1, 0.15) is 30.7 Å². The Kier molecular flexibility index (Phi) is 6.59. The highest BCUT2D eigenvalue weighted by Gasteiger charge is 2.27. The number of ether oxygens (including phenoxy) is 1. The molecule has 1 amide bonds. The van der Waals surface area contributed by atoms with Gasteiger partial charge in [0.1, 0.15) is 11.0 Å². The quantitative estimate of drug-likeness (QED) is 0.538. The van der Waals surface area contributed by atoms with E-state index >= 15 is 0 Å². The van der Waals surface area contributed by atoms with Gasteiger partial charge in [-0.2, -0.15) is 0 Å². The van der Waals surface area contributed by atoms with Crippen molar-refractivity contribution < 1.29 is 9.53 Å². The largest absolute Gasteiger partial charge is 0.497 e. The van der Waals surface area contributed by atoms with Crippen LogP contribution in [-0.2, 0) is 4.79 Å². The molecule has 0 aliphatic heterocycles. The molecule has 29 heavy (non-hydrogen) atoms. The van der Waals surface area contributed by atoms with Gasteiger partial charge in [-0.05, 0) is 43.7 Å². The number of amides is 1. The van der Waals surface area contributed by atoms with Gasteiger partial charge in [0.25, 0.3) is 0 Å². The van der Waals surface area contributed by atoms with E-state index in [0.717, 1.165) is 27.9 Å². The number of hydrogen-bond donors (Lipinski definition) is 0. The van der Waals surface area contributed by atoms with Crippen molar-refractivity contribution in [3.63, 3.8) is 0 Å². The summed E-state index contributed by atoms with van der Waals surface area (Å²) in [5.74, 6) is 1.58. The molecule has 6 nitrogen and oxygen atoms in total. The number of aromatic nitrogens is 3. The molecule has 1 heterocycles. The zero-order chi connectivity index (χ0) is 21.0. The van der Waals surface area contributed by atoms with Crippen LogP contribution in [0.4, 0.5) is 0 Å². The number of hydrogen-bond acceptors (Lipinski definition) is 5. The second-order valence-corrected chi connectivity index (χ2v) is 8.21. The second kappa shape index (κ2) is 9.13. The van der Waals surface area contributed by atoms with E-state index < -0.39 is 5.25 Å². The van der Waals surface area contributed by atoms with Crippen LogP contribution in [0, 0.1) is 0 Å². The van der Waals surface area contributed by atoms with Crippen LogP contribution in [0.2, 0.25) is 0 Å². The van der Waals surface area contributed by atoms with Crippen molar-refractivity contribution in [1.29, 1.82) is 0 Å². The topological polar surface area (TPSA) is 60.3 Å². The van der Waals surface area contributed by atoms with Gasteiger partial charge >= 0.3 is 0 Å². The summed E-state index contributed by atoms with van der Waals surface area (Å²) >= 11 is 1.43.